The van der Waals surface area contributed by atoms with Crippen molar-refractivity contribution < 1.29 is 4.74 Å². The average Bonchev–Trinajstić information content (AvgIpc) is 2.55. The molecule has 2 aromatic carbocycles. The molecule has 21 heavy (non-hydrogen) atoms. The first-order valence-corrected chi connectivity index (χ1v) is 8.20. The van der Waals surface area contributed by atoms with Crippen molar-refractivity contribution in [1.82, 2.24) is 0 Å². The highest BCUT2D eigenvalue weighted by Gasteiger charge is 2.11. The van der Waals surface area contributed by atoms with Gasteiger partial charge in [-0.2, -0.15) is 0 Å². The number of benzene rings is 2. The SMILES string of the molecule is ClCCCOC(CCCc1ccccc1)c1ccccc1. The van der Waals surface area contributed by atoms with Crippen LogP contribution in [0.2, 0.25) is 0 Å². The van der Waals surface area contributed by atoms with Gasteiger partial charge in [-0.3, -0.25) is 0 Å². The Morgan fingerprint density at radius 1 is 0.857 bits per heavy atom. The third kappa shape index (κ3) is 5.91. The molecule has 0 amide bonds. The molecule has 0 spiro atoms. The first-order valence-electron chi connectivity index (χ1n) is 7.66. The van der Waals surface area contributed by atoms with Crippen LogP contribution in [0.15, 0.2) is 60.7 Å². The van der Waals surface area contributed by atoms with E-state index in [4.69, 9.17) is 16.3 Å². The van der Waals surface area contributed by atoms with Crippen LogP contribution in [0.4, 0.5) is 0 Å². The van der Waals surface area contributed by atoms with Crippen molar-refractivity contribution in [3.63, 3.8) is 0 Å². The Balaban J connectivity index is 1.86. The number of aryl methyl sites for hydroxylation is 1. The fraction of sp³-hybridized carbons (Fsp3) is 0.368. The van der Waals surface area contributed by atoms with Crippen LogP contribution in [0.25, 0.3) is 0 Å². The van der Waals surface area contributed by atoms with Gasteiger partial charge in [-0.1, -0.05) is 60.7 Å². The molecule has 0 aliphatic carbocycles. The topological polar surface area (TPSA) is 9.23 Å². The minimum atomic E-state index is 0.179. The van der Waals surface area contributed by atoms with E-state index in [-0.39, 0.29) is 6.10 Å². The molecule has 1 unspecified atom stereocenters. The lowest BCUT2D eigenvalue weighted by molar-refractivity contribution is 0.0460. The lowest BCUT2D eigenvalue weighted by Crippen LogP contribution is -2.07. The summed E-state index contributed by atoms with van der Waals surface area (Å²) in [5.74, 6) is 0.658. The molecule has 0 heterocycles. The Kier molecular flexibility index (Phi) is 7.34. The first-order chi connectivity index (χ1) is 10.4. The standard InChI is InChI=1S/C19H23ClO/c20-15-8-16-21-19(18-12-5-2-6-13-18)14-7-11-17-9-3-1-4-10-17/h1-6,9-10,12-13,19H,7-8,11,14-16H2. The van der Waals surface area contributed by atoms with E-state index in [0.717, 1.165) is 32.3 Å². The van der Waals surface area contributed by atoms with Crippen LogP contribution in [-0.2, 0) is 11.2 Å². The van der Waals surface area contributed by atoms with E-state index < -0.39 is 0 Å². The van der Waals surface area contributed by atoms with Crippen LogP contribution < -0.4 is 0 Å². The summed E-state index contributed by atoms with van der Waals surface area (Å²) in [6.07, 6.45) is 4.36. The number of halogens is 1. The number of ether oxygens (including phenoxy) is 1. The fourth-order valence-electron chi connectivity index (χ4n) is 2.43. The normalized spacial score (nSPS) is 12.2. The zero-order valence-corrected chi connectivity index (χ0v) is 13.1. The zero-order chi connectivity index (χ0) is 14.8. The Bertz CT molecular complexity index is 483. The van der Waals surface area contributed by atoms with Gasteiger partial charge in [-0.05, 0) is 36.8 Å². The summed E-state index contributed by atoms with van der Waals surface area (Å²) >= 11 is 5.74. The minimum absolute atomic E-state index is 0.179. The quantitative estimate of drug-likeness (QED) is 0.445. The van der Waals surface area contributed by atoms with Crippen molar-refractivity contribution in [2.24, 2.45) is 0 Å². The molecule has 0 fully saturated rings. The molecule has 2 rings (SSSR count). The molecule has 1 nitrogen and oxygen atoms in total. The second-order valence-electron chi connectivity index (χ2n) is 5.19. The molecule has 0 bridgehead atoms. The van der Waals surface area contributed by atoms with E-state index in [9.17, 15) is 0 Å². The Labute approximate surface area is 132 Å². The predicted molar refractivity (Wildman–Crippen MR) is 89.9 cm³/mol. The Morgan fingerprint density at radius 3 is 2.19 bits per heavy atom. The molecule has 0 aliphatic rings. The molecule has 2 heteroatoms. The van der Waals surface area contributed by atoms with Gasteiger partial charge in [0.2, 0.25) is 0 Å². The largest absolute Gasteiger partial charge is 0.373 e. The van der Waals surface area contributed by atoms with Crippen molar-refractivity contribution in [3.8, 4) is 0 Å². The van der Waals surface area contributed by atoms with Crippen LogP contribution >= 0.6 is 11.6 Å². The maximum atomic E-state index is 6.02. The summed E-state index contributed by atoms with van der Waals surface area (Å²) in [4.78, 5) is 0. The van der Waals surface area contributed by atoms with E-state index in [1.165, 1.54) is 11.1 Å². The third-order valence-electron chi connectivity index (χ3n) is 3.54. The molecule has 1 atom stereocenters. The van der Waals surface area contributed by atoms with Crippen LogP contribution in [0.5, 0.6) is 0 Å². The van der Waals surface area contributed by atoms with Gasteiger partial charge in [-0.25, -0.2) is 0 Å². The molecule has 0 radical (unpaired) electrons. The number of alkyl halides is 1. The van der Waals surface area contributed by atoms with Crippen molar-refractivity contribution in [1.29, 1.82) is 0 Å². The van der Waals surface area contributed by atoms with Crippen LogP contribution in [0, 0.1) is 0 Å². The molecule has 0 saturated carbocycles. The highest BCUT2D eigenvalue weighted by atomic mass is 35.5. The first kappa shape index (κ1) is 16.1. The monoisotopic (exact) mass is 302 g/mol. The second-order valence-corrected chi connectivity index (χ2v) is 5.57. The number of hydrogen-bond acceptors (Lipinski definition) is 1. The molecule has 0 aliphatic heterocycles. The van der Waals surface area contributed by atoms with E-state index >= 15 is 0 Å². The van der Waals surface area contributed by atoms with Crippen molar-refractivity contribution >= 4 is 11.6 Å². The van der Waals surface area contributed by atoms with Gasteiger partial charge in [0, 0.05) is 12.5 Å². The summed E-state index contributed by atoms with van der Waals surface area (Å²) in [6, 6.07) is 21.1. The van der Waals surface area contributed by atoms with Crippen LogP contribution in [0.3, 0.4) is 0 Å². The van der Waals surface area contributed by atoms with Gasteiger partial charge in [0.15, 0.2) is 0 Å². The smallest absolute Gasteiger partial charge is 0.0825 e. The van der Waals surface area contributed by atoms with Gasteiger partial charge < -0.3 is 4.74 Å². The summed E-state index contributed by atoms with van der Waals surface area (Å²) in [5, 5.41) is 0. The third-order valence-corrected chi connectivity index (χ3v) is 3.81. The van der Waals surface area contributed by atoms with Gasteiger partial charge >= 0.3 is 0 Å². The molecule has 2 aromatic rings. The van der Waals surface area contributed by atoms with Crippen molar-refractivity contribution in [3.05, 3.63) is 71.8 Å². The summed E-state index contributed by atoms with van der Waals surface area (Å²) in [7, 11) is 0. The summed E-state index contributed by atoms with van der Waals surface area (Å²) in [5.41, 5.74) is 2.66. The summed E-state index contributed by atoms with van der Waals surface area (Å²) in [6.45, 7) is 0.731. The maximum Gasteiger partial charge on any atom is 0.0825 e. The van der Waals surface area contributed by atoms with Crippen molar-refractivity contribution in [2.75, 3.05) is 12.5 Å². The highest BCUT2D eigenvalue weighted by molar-refractivity contribution is 6.17. The lowest BCUT2D eigenvalue weighted by Gasteiger charge is -2.18. The van der Waals surface area contributed by atoms with Crippen LogP contribution in [0.1, 0.15) is 36.5 Å². The Morgan fingerprint density at radius 2 is 1.52 bits per heavy atom. The van der Waals surface area contributed by atoms with Gasteiger partial charge in [0.1, 0.15) is 0 Å². The molecule has 0 aromatic heterocycles. The molecule has 0 N–H and O–H groups in total. The number of hydrogen-bond donors (Lipinski definition) is 0. The predicted octanol–water partition coefficient (Wildman–Crippen LogP) is 5.40. The lowest BCUT2D eigenvalue weighted by atomic mass is 10.0. The molecule has 0 saturated heterocycles. The zero-order valence-electron chi connectivity index (χ0n) is 12.4. The van der Waals surface area contributed by atoms with E-state index in [1.807, 2.05) is 6.07 Å². The van der Waals surface area contributed by atoms with E-state index in [0.29, 0.717) is 5.88 Å². The van der Waals surface area contributed by atoms with Gasteiger partial charge in [-0.15, -0.1) is 11.6 Å². The molecular formula is C19H23ClO. The highest BCUT2D eigenvalue weighted by Crippen LogP contribution is 2.24. The van der Waals surface area contributed by atoms with Crippen molar-refractivity contribution in [2.45, 2.75) is 31.8 Å². The molecule has 112 valence electrons. The van der Waals surface area contributed by atoms with Gasteiger partial charge in [0.05, 0.1) is 6.10 Å². The van der Waals surface area contributed by atoms with E-state index in [1.54, 1.807) is 0 Å². The maximum absolute atomic E-state index is 6.02. The molecular weight excluding hydrogens is 280 g/mol. The fourth-order valence-corrected chi connectivity index (χ4v) is 2.54. The Hall–Kier alpha value is -1.31. The minimum Gasteiger partial charge on any atom is -0.373 e. The number of rotatable bonds is 9. The van der Waals surface area contributed by atoms with E-state index in [2.05, 4.69) is 54.6 Å². The summed E-state index contributed by atoms with van der Waals surface area (Å²) < 4.78 is 6.02. The average molecular weight is 303 g/mol. The van der Waals surface area contributed by atoms with Crippen LogP contribution in [-0.4, -0.2) is 12.5 Å². The van der Waals surface area contributed by atoms with Gasteiger partial charge in [0.25, 0.3) is 0 Å². The second kappa shape index (κ2) is 9.59.